The van der Waals surface area contributed by atoms with Crippen LogP contribution in [0.25, 0.3) is 0 Å². The Bertz CT molecular complexity index is 502. The molecule has 0 saturated heterocycles. The average Bonchev–Trinajstić information content (AvgIpc) is 2.46. The van der Waals surface area contributed by atoms with E-state index in [1.807, 2.05) is 13.8 Å². The van der Waals surface area contributed by atoms with E-state index in [2.05, 4.69) is 30.4 Å². The van der Waals surface area contributed by atoms with Crippen molar-refractivity contribution in [2.24, 2.45) is 5.92 Å². The zero-order chi connectivity index (χ0) is 15.5. The first-order valence-corrected chi connectivity index (χ1v) is 7.92. The fraction of sp³-hybridized carbons (Fsp3) is 0.611. The summed E-state index contributed by atoms with van der Waals surface area (Å²) in [5.74, 6) is 0.716. The van der Waals surface area contributed by atoms with Crippen LogP contribution in [0, 0.1) is 19.8 Å². The predicted molar refractivity (Wildman–Crippen MR) is 85.2 cm³/mol. The molecule has 1 aliphatic rings. The number of nitrogens with one attached hydrogen (secondary N) is 1. The Morgan fingerprint density at radius 1 is 1.33 bits per heavy atom. The van der Waals surface area contributed by atoms with Crippen LogP contribution in [0.3, 0.4) is 0 Å². The number of aryl methyl sites for hydroxylation is 2. The first-order chi connectivity index (χ1) is 9.94. The molecule has 116 valence electrons. The summed E-state index contributed by atoms with van der Waals surface area (Å²) in [4.78, 5) is 12.4. The van der Waals surface area contributed by atoms with Crippen LogP contribution in [0.1, 0.15) is 49.3 Å². The third-order valence-electron chi connectivity index (χ3n) is 4.79. The van der Waals surface area contributed by atoms with Crippen LogP contribution >= 0.6 is 0 Å². The lowest BCUT2D eigenvalue weighted by molar-refractivity contribution is -0.123. The van der Waals surface area contributed by atoms with Gasteiger partial charge in [0, 0.05) is 0 Å². The smallest absolute Gasteiger partial charge is 0.224 e. The molecule has 2 N–H and O–H groups in total. The summed E-state index contributed by atoms with van der Waals surface area (Å²) in [6.45, 7) is 6.35. The van der Waals surface area contributed by atoms with Crippen molar-refractivity contribution in [3.8, 4) is 0 Å². The zero-order valence-corrected chi connectivity index (χ0v) is 13.4. The second-order valence-corrected chi connectivity index (χ2v) is 6.78. The molecule has 0 heterocycles. The minimum Gasteiger partial charge on any atom is -0.394 e. The van der Waals surface area contributed by atoms with Gasteiger partial charge in [-0.15, -0.1) is 0 Å². The molecule has 1 amide bonds. The number of aliphatic hydroxyl groups excluding tert-OH is 1. The minimum absolute atomic E-state index is 0.0207. The van der Waals surface area contributed by atoms with Crippen molar-refractivity contribution in [3.05, 3.63) is 34.9 Å². The molecule has 3 nitrogen and oxygen atoms in total. The third kappa shape index (κ3) is 4.07. The molecule has 0 spiro atoms. The van der Waals surface area contributed by atoms with Crippen LogP contribution in [0.15, 0.2) is 18.2 Å². The number of carbonyl (C=O) groups excluding carboxylic acids is 1. The summed E-state index contributed by atoms with van der Waals surface area (Å²) in [5.41, 5.74) is 2.99. The second kappa shape index (κ2) is 6.61. The lowest BCUT2D eigenvalue weighted by atomic mass is 9.77. The molecule has 1 saturated carbocycles. The van der Waals surface area contributed by atoms with Gasteiger partial charge in [0.1, 0.15) is 0 Å². The van der Waals surface area contributed by atoms with Gasteiger partial charge in [0.05, 0.1) is 18.6 Å². The van der Waals surface area contributed by atoms with Crippen molar-refractivity contribution in [1.82, 2.24) is 5.32 Å². The molecule has 1 aromatic rings. The van der Waals surface area contributed by atoms with E-state index in [4.69, 9.17) is 0 Å². The molecule has 0 bridgehead atoms. The van der Waals surface area contributed by atoms with Gasteiger partial charge in [0.2, 0.25) is 5.91 Å². The van der Waals surface area contributed by atoms with E-state index < -0.39 is 5.54 Å². The first kappa shape index (κ1) is 16.0. The molecule has 1 fully saturated rings. The van der Waals surface area contributed by atoms with Crippen LogP contribution in [0.4, 0.5) is 0 Å². The number of rotatable bonds is 4. The maximum Gasteiger partial charge on any atom is 0.224 e. The number of carbonyl (C=O) groups is 1. The number of amides is 1. The molecule has 21 heavy (non-hydrogen) atoms. The van der Waals surface area contributed by atoms with Gasteiger partial charge in [-0.2, -0.15) is 0 Å². The van der Waals surface area contributed by atoms with Crippen LogP contribution in [-0.4, -0.2) is 23.2 Å². The van der Waals surface area contributed by atoms with Crippen LogP contribution in [-0.2, 0) is 11.2 Å². The van der Waals surface area contributed by atoms with Crippen LogP contribution < -0.4 is 5.32 Å². The first-order valence-electron chi connectivity index (χ1n) is 7.92. The standard InChI is InChI=1S/C18H27NO2/c1-13-6-8-18(12-20,9-7-13)19-17(21)11-16-10-14(2)4-5-15(16)3/h4-5,10,13,20H,6-9,11-12H2,1-3H3,(H,19,21). The van der Waals surface area contributed by atoms with Crippen molar-refractivity contribution in [1.29, 1.82) is 0 Å². The van der Waals surface area contributed by atoms with Gasteiger partial charge >= 0.3 is 0 Å². The zero-order valence-electron chi connectivity index (χ0n) is 13.4. The third-order valence-corrected chi connectivity index (χ3v) is 4.79. The maximum atomic E-state index is 12.4. The van der Waals surface area contributed by atoms with Crippen molar-refractivity contribution in [2.45, 2.75) is 58.4 Å². The highest BCUT2D eigenvalue weighted by atomic mass is 16.3. The molecule has 1 aromatic carbocycles. The lowest BCUT2D eigenvalue weighted by Crippen LogP contribution is -2.53. The summed E-state index contributed by atoms with van der Waals surface area (Å²) >= 11 is 0. The van der Waals surface area contributed by atoms with Crippen molar-refractivity contribution >= 4 is 5.91 Å². The Labute approximate surface area is 127 Å². The van der Waals surface area contributed by atoms with E-state index in [-0.39, 0.29) is 12.5 Å². The summed E-state index contributed by atoms with van der Waals surface area (Å²) in [6, 6.07) is 6.19. The van der Waals surface area contributed by atoms with E-state index in [1.165, 1.54) is 5.56 Å². The highest BCUT2D eigenvalue weighted by Gasteiger charge is 2.34. The maximum absolute atomic E-state index is 12.4. The summed E-state index contributed by atoms with van der Waals surface area (Å²) in [6.07, 6.45) is 4.30. The summed E-state index contributed by atoms with van der Waals surface area (Å²) < 4.78 is 0. The monoisotopic (exact) mass is 289 g/mol. The van der Waals surface area contributed by atoms with Gasteiger partial charge in [-0.1, -0.05) is 30.7 Å². The Morgan fingerprint density at radius 3 is 2.62 bits per heavy atom. The second-order valence-electron chi connectivity index (χ2n) is 6.78. The minimum atomic E-state index is -0.401. The molecule has 0 unspecified atom stereocenters. The molecule has 2 rings (SSSR count). The number of aliphatic hydroxyl groups is 1. The SMILES string of the molecule is Cc1ccc(C)c(CC(=O)NC2(CO)CCC(C)CC2)c1. The van der Waals surface area contributed by atoms with Gasteiger partial charge in [0.15, 0.2) is 0 Å². The van der Waals surface area contributed by atoms with Crippen molar-refractivity contribution in [3.63, 3.8) is 0 Å². The lowest BCUT2D eigenvalue weighted by Gasteiger charge is -2.38. The van der Waals surface area contributed by atoms with E-state index in [0.717, 1.165) is 36.8 Å². The predicted octanol–water partition coefficient (Wildman–Crippen LogP) is 2.90. The van der Waals surface area contributed by atoms with Crippen molar-refractivity contribution < 1.29 is 9.90 Å². The summed E-state index contributed by atoms with van der Waals surface area (Å²) in [5, 5.41) is 12.8. The van der Waals surface area contributed by atoms with Gasteiger partial charge in [-0.25, -0.2) is 0 Å². The molecule has 0 atom stereocenters. The number of hydrogen-bond acceptors (Lipinski definition) is 2. The molecule has 3 heteroatoms. The van der Waals surface area contributed by atoms with E-state index >= 15 is 0 Å². The van der Waals surface area contributed by atoms with Gasteiger partial charge in [-0.3, -0.25) is 4.79 Å². The fourth-order valence-electron chi connectivity index (χ4n) is 3.14. The molecular weight excluding hydrogens is 262 g/mol. The van der Waals surface area contributed by atoms with Gasteiger partial charge in [-0.05, 0) is 56.6 Å². The Kier molecular flexibility index (Phi) is 5.04. The van der Waals surface area contributed by atoms with Crippen molar-refractivity contribution in [2.75, 3.05) is 6.61 Å². The highest BCUT2D eigenvalue weighted by molar-refractivity contribution is 5.79. The van der Waals surface area contributed by atoms with Gasteiger partial charge < -0.3 is 10.4 Å². The molecule has 1 aliphatic carbocycles. The van der Waals surface area contributed by atoms with E-state index in [0.29, 0.717) is 12.3 Å². The average molecular weight is 289 g/mol. The Morgan fingerprint density at radius 2 is 2.00 bits per heavy atom. The normalized spacial score (nSPS) is 25.6. The van der Waals surface area contributed by atoms with Gasteiger partial charge in [0.25, 0.3) is 0 Å². The Balaban J connectivity index is 2.01. The quantitative estimate of drug-likeness (QED) is 0.895. The van der Waals surface area contributed by atoms with E-state index in [1.54, 1.807) is 0 Å². The molecule has 0 aromatic heterocycles. The van der Waals surface area contributed by atoms with Crippen LogP contribution in [0.2, 0.25) is 0 Å². The molecule has 0 radical (unpaired) electrons. The number of benzene rings is 1. The molecule has 0 aliphatic heterocycles. The number of hydrogen-bond donors (Lipinski definition) is 2. The van der Waals surface area contributed by atoms with Crippen LogP contribution in [0.5, 0.6) is 0 Å². The highest BCUT2D eigenvalue weighted by Crippen LogP contribution is 2.31. The topological polar surface area (TPSA) is 49.3 Å². The van der Waals surface area contributed by atoms with E-state index in [9.17, 15) is 9.90 Å². The molecular formula is C18H27NO2. The summed E-state index contributed by atoms with van der Waals surface area (Å²) in [7, 11) is 0. The Hall–Kier alpha value is -1.35. The largest absolute Gasteiger partial charge is 0.394 e. The fourth-order valence-corrected chi connectivity index (χ4v) is 3.14.